The molecule has 0 unspecified atom stereocenters. The third-order valence-electron chi connectivity index (χ3n) is 4.93. The van der Waals surface area contributed by atoms with E-state index in [1.165, 1.54) is 11.7 Å². The van der Waals surface area contributed by atoms with E-state index < -0.39 is 0 Å². The van der Waals surface area contributed by atoms with Gasteiger partial charge in [0, 0.05) is 17.0 Å². The molecule has 4 aromatic rings. The normalized spacial score (nSPS) is 11.2. The van der Waals surface area contributed by atoms with Crippen LogP contribution in [0.1, 0.15) is 12.5 Å². The van der Waals surface area contributed by atoms with Crippen LogP contribution >= 0.6 is 0 Å². The molecule has 1 heterocycles. The summed E-state index contributed by atoms with van der Waals surface area (Å²) in [5.74, 6) is 0.897. The quantitative estimate of drug-likeness (QED) is 0.458. The third-order valence-corrected chi connectivity index (χ3v) is 4.93. The molecule has 0 aliphatic heterocycles. The minimum Gasteiger partial charge on any atom is -0.495 e. The van der Waals surface area contributed by atoms with Crippen LogP contribution in [0.3, 0.4) is 0 Å². The zero-order valence-corrected chi connectivity index (χ0v) is 17.3. The van der Waals surface area contributed by atoms with Crippen molar-refractivity contribution < 1.29 is 14.6 Å². The monoisotopic (exact) mass is 414 g/mol. The number of pyridine rings is 1. The molecule has 0 saturated heterocycles. The molecule has 0 aliphatic rings. The Bertz CT molecular complexity index is 1320. The molecular formula is C25H22N2O4. The van der Waals surface area contributed by atoms with Crippen LogP contribution in [0.25, 0.3) is 16.5 Å². The Morgan fingerprint density at radius 2 is 1.58 bits per heavy atom. The zero-order valence-electron chi connectivity index (χ0n) is 17.3. The first-order valence-electron chi connectivity index (χ1n) is 9.91. The molecule has 31 heavy (non-hydrogen) atoms. The molecule has 0 amide bonds. The van der Waals surface area contributed by atoms with Gasteiger partial charge >= 0.3 is 0 Å². The molecular weight excluding hydrogens is 392 g/mol. The van der Waals surface area contributed by atoms with Gasteiger partial charge in [0.25, 0.3) is 5.56 Å². The van der Waals surface area contributed by atoms with Crippen molar-refractivity contribution in [2.45, 2.75) is 6.92 Å². The summed E-state index contributed by atoms with van der Waals surface area (Å²) in [6.07, 6.45) is 1.56. The summed E-state index contributed by atoms with van der Waals surface area (Å²) in [5, 5.41) is 12.2. The summed E-state index contributed by atoms with van der Waals surface area (Å²) < 4.78 is 12.3. The van der Waals surface area contributed by atoms with Crippen molar-refractivity contribution in [3.8, 4) is 23.1 Å². The summed E-state index contributed by atoms with van der Waals surface area (Å²) in [6, 6.07) is 21.6. The fraction of sp³-hybridized carbons (Fsp3) is 0.120. The third kappa shape index (κ3) is 3.75. The van der Waals surface area contributed by atoms with Crippen LogP contribution in [-0.4, -0.2) is 29.6 Å². The minimum absolute atomic E-state index is 0.217. The maximum atomic E-state index is 13.3. The lowest BCUT2D eigenvalue weighted by atomic mass is 10.1. The van der Waals surface area contributed by atoms with E-state index in [2.05, 4.69) is 4.99 Å². The second kappa shape index (κ2) is 8.75. The number of hydrogen-bond acceptors (Lipinski definition) is 5. The average molecular weight is 414 g/mol. The molecule has 1 aromatic heterocycles. The molecule has 3 aromatic carbocycles. The van der Waals surface area contributed by atoms with Crippen LogP contribution < -0.4 is 15.0 Å². The fourth-order valence-corrected chi connectivity index (χ4v) is 3.50. The van der Waals surface area contributed by atoms with Gasteiger partial charge < -0.3 is 14.6 Å². The van der Waals surface area contributed by atoms with Crippen molar-refractivity contribution >= 4 is 22.7 Å². The van der Waals surface area contributed by atoms with Crippen LogP contribution in [-0.2, 0) is 0 Å². The molecule has 0 atom stereocenters. The average Bonchev–Trinajstić information content (AvgIpc) is 2.80. The molecule has 156 valence electrons. The first-order valence-corrected chi connectivity index (χ1v) is 9.91. The molecule has 6 nitrogen and oxygen atoms in total. The van der Waals surface area contributed by atoms with E-state index >= 15 is 0 Å². The van der Waals surface area contributed by atoms with Crippen molar-refractivity contribution in [3.63, 3.8) is 0 Å². The molecule has 0 bridgehead atoms. The van der Waals surface area contributed by atoms with Gasteiger partial charge in [-0.25, -0.2) is 4.57 Å². The lowest BCUT2D eigenvalue weighted by molar-refractivity contribution is 0.341. The highest BCUT2D eigenvalue weighted by Gasteiger charge is 2.18. The van der Waals surface area contributed by atoms with Crippen molar-refractivity contribution in [3.05, 3.63) is 88.7 Å². The molecule has 0 spiro atoms. The van der Waals surface area contributed by atoms with E-state index in [-0.39, 0.29) is 11.4 Å². The number of hydrogen-bond donors (Lipinski definition) is 1. The number of aromatic nitrogens is 1. The standard InChI is InChI=1S/C25H22N2O4/c1-3-31-22-14-8-6-12-20(22)26-16-19-17-10-4-5-11-18(17)24(28)27(25(19)29)21-13-7-9-15-23(21)30-2/h4-16,29H,3H2,1-2H3. The topological polar surface area (TPSA) is 73.1 Å². The SMILES string of the molecule is CCOc1ccccc1N=Cc1c(O)n(-c2ccccc2OC)c(=O)c2ccccc12. The minimum atomic E-state index is -0.343. The number of rotatable bonds is 6. The first-order chi connectivity index (χ1) is 15.2. The predicted octanol–water partition coefficient (Wildman–Crippen LogP) is 4.85. The van der Waals surface area contributed by atoms with Gasteiger partial charge in [-0.1, -0.05) is 42.5 Å². The lowest BCUT2D eigenvalue weighted by Gasteiger charge is -2.16. The van der Waals surface area contributed by atoms with Gasteiger partial charge in [0.1, 0.15) is 17.2 Å². The van der Waals surface area contributed by atoms with Gasteiger partial charge in [-0.3, -0.25) is 9.79 Å². The first kappa shape index (κ1) is 20.2. The highest BCUT2D eigenvalue weighted by Crippen LogP contribution is 2.31. The highest BCUT2D eigenvalue weighted by molar-refractivity contribution is 6.02. The smallest absolute Gasteiger partial charge is 0.265 e. The number of methoxy groups -OCH3 is 1. The van der Waals surface area contributed by atoms with Gasteiger partial charge in [-0.05, 0) is 37.3 Å². The van der Waals surface area contributed by atoms with Gasteiger partial charge in [0.05, 0.1) is 25.0 Å². The predicted molar refractivity (Wildman–Crippen MR) is 123 cm³/mol. The Morgan fingerprint density at radius 3 is 2.32 bits per heavy atom. The number of fused-ring (bicyclic) bond motifs is 1. The van der Waals surface area contributed by atoms with E-state index in [4.69, 9.17) is 9.47 Å². The summed E-state index contributed by atoms with van der Waals surface area (Å²) in [4.78, 5) is 17.8. The van der Waals surface area contributed by atoms with Crippen LogP contribution in [0, 0.1) is 0 Å². The Balaban J connectivity index is 1.97. The molecule has 0 aliphatic carbocycles. The highest BCUT2D eigenvalue weighted by atomic mass is 16.5. The van der Waals surface area contributed by atoms with Crippen molar-refractivity contribution in [2.75, 3.05) is 13.7 Å². The van der Waals surface area contributed by atoms with Crippen LogP contribution in [0.2, 0.25) is 0 Å². The molecule has 1 N–H and O–H groups in total. The Morgan fingerprint density at radius 1 is 0.935 bits per heavy atom. The zero-order chi connectivity index (χ0) is 21.8. The Hall–Kier alpha value is -4.06. The van der Waals surface area contributed by atoms with E-state index in [9.17, 15) is 9.90 Å². The Kier molecular flexibility index (Phi) is 5.71. The van der Waals surface area contributed by atoms with Gasteiger partial charge in [-0.15, -0.1) is 0 Å². The lowest BCUT2D eigenvalue weighted by Crippen LogP contribution is -2.20. The summed E-state index contributed by atoms with van der Waals surface area (Å²) in [6.45, 7) is 2.42. The molecule has 6 heteroatoms. The largest absolute Gasteiger partial charge is 0.495 e. The summed E-state index contributed by atoms with van der Waals surface area (Å²) in [5.41, 5.74) is 1.15. The number of nitrogens with zero attached hydrogens (tertiary/aromatic N) is 2. The number of aromatic hydroxyl groups is 1. The summed E-state index contributed by atoms with van der Waals surface area (Å²) in [7, 11) is 1.52. The fourth-order valence-electron chi connectivity index (χ4n) is 3.50. The molecule has 0 saturated carbocycles. The second-order valence-corrected chi connectivity index (χ2v) is 6.75. The van der Waals surface area contributed by atoms with Gasteiger partial charge in [-0.2, -0.15) is 0 Å². The van der Waals surface area contributed by atoms with Crippen LogP contribution in [0.5, 0.6) is 17.4 Å². The second-order valence-electron chi connectivity index (χ2n) is 6.75. The Labute approximate surface area is 179 Å². The van der Waals surface area contributed by atoms with E-state index in [0.29, 0.717) is 45.8 Å². The molecule has 4 rings (SSSR count). The number of benzene rings is 3. The van der Waals surface area contributed by atoms with Crippen LogP contribution in [0.4, 0.5) is 5.69 Å². The van der Waals surface area contributed by atoms with E-state index in [1.807, 2.05) is 37.3 Å². The van der Waals surface area contributed by atoms with Gasteiger partial charge in [0.2, 0.25) is 5.88 Å². The number of para-hydroxylation sites is 4. The van der Waals surface area contributed by atoms with Crippen molar-refractivity contribution in [1.29, 1.82) is 0 Å². The van der Waals surface area contributed by atoms with Gasteiger partial charge in [0.15, 0.2) is 0 Å². The van der Waals surface area contributed by atoms with Crippen molar-refractivity contribution in [2.24, 2.45) is 4.99 Å². The maximum Gasteiger partial charge on any atom is 0.265 e. The van der Waals surface area contributed by atoms with E-state index in [1.54, 1.807) is 48.7 Å². The number of ether oxygens (including phenoxy) is 2. The van der Waals surface area contributed by atoms with E-state index in [0.717, 1.165) is 0 Å². The molecule has 0 fully saturated rings. The summed E-state index contributed by atoms with van der Waals surface area (Å²) >= 11 is 0. The molecule has 0 radical (unpaired) electrons. The maximum absolute atomic E-state index is 13.3. The van der Waals surface area contributed by atoms with Crippen molar-refractivity contribution in [1.82, 2.24) is 4.57 Å². The van der Waals surface area contributed by atoms with Crippen LogP contribution in [0.15, 0.2) is 82.6 Å². The number of aliphatic imine (C=N–C) groups is 1.